The minimum Gasteiger partial charge on any atom is -0.467 e. The summed E-state index contributed by atoms with van der Waals surface area (Å²) >= 11 is 0. The highest BCUT2D eigenvalue weighted by molar-refractivity contribution is 5.76. The van der Waals surface area contributed by atoms with Crippen LogP contribution >= 0.6 is 0 Å². The van der Waals surface area contributed by atoms with Crippen molar-refractivity contribution in [2.24, 2.45) is 5.41 Å². The van der Waals surface area contributed by atoms with E-state index in [0.29, 0.717) is 0 Å². The molecule has 14 heavy (non-hydrogen) atoms. The van der Waals surface area contributed by atoms with Gasteiger partial charge in [-0.15, -0.1) is 0 Å². The lowest BCUT2D eigenvalue weighted by molar-refractivity contribution is -0.153. The van der Waals surface area contributed by atoms with E-state index in [0.717, 1.165) is 25.7 Å². The Morgan fingerprint density at radius 2 is 2.29 bits per heavy atom. The Balaban J connectivity index is 2.53. The molecule has 1 fully saturated rings. The predicted octanol–water partition coefficient (Wildman–Crippen LogP) is 1.66. The molecule has 0 aromatic carbocycles. The SMILES string of the molecule is CCC/C=C\C1(C(O)C(=O)OC)CC1. The molecule has 1 saturated carbocycles. The molecule has 0 aliphatic heterocycles. The van der Waals surface area contributed by atoms with Gasteiger partial charge in [-0.1, -0.05) is 25.5 Å². The summed E-state index contributed by atoms with van der Waals surface area (Å²) in [5.74, 6) is -0.524. The molecule has 0 spiro atoms. The first-order chi connectivity index (χ1) is 6.66. The van der Waals surface area contributed by atoms with Crippen LogP contribution in [0.4, 0.5) is 0 Å². The van der Waals surface area contributed by atoms with Crippen LogP contribution in [-0.4, -0.2) is 24.3 Å². The van der Waals surface area contributed by atoms with Gasteiger partial charge >= 0.3 is 5.97 Å². The van der Waals surface area contributed by atoms with Crippen LogP contribution in [0.1, 0.15) is 32.6 Å². The van der Waals surface area contributed by atoms with Crippen molar-refractivity contribution in [2.45, 2.75) is 38.7 Å². The zero-order valence-corrected chi connectivity index (χ0v) is 8.82. The van der Waals surface area contributed by atoms with E-state index in [-0.39, 0.29) is 5.41 Å². The zero-order valence-electron chi connectivity index (χ0n) is 8.82. The van der Waals surface area contributed by atoms with Gasteiger partial charge in [-0.25, -0.2) is 4.79 Å². The zero-order chi connectivity index (χ0) is 10.6. The Bertz CT molecular complexity index is 229. The Hall–Kier alpha value is -0.830. The van der Waals surface area contributed by atoms with Gasteiger partial charge < -0.3 is 9.84 Å². The second-order valence-corrected chi connectivity index (χ2v) is 3.85. The third kappa shape index (κ3) is 2.35. The topological polar surface area (TPSA) is 46.5 Å². The van der Waals surface area contributed by atoms with Crippen molar-refractivity contribution in [3.05, 3.63) is 12.2 Å². The van der Waals surface area contributed by atoms with Crippen LogP contribution in [0, 0.1) is 5.41 Å². The molecule has 3 heteroatoms. The van der Waals surface area contributed by atoms with Crippen LogP contribution < -0.4 is 0 Å². The van der Waals surface area contributed by atoms with E-state index in [4.69, 9.17) is 0 Å². The molecule has 0 heterocycles. The maximum atomic E-state index is 11.1. The molecule has 1 aliphatic rings. The van der Waals surface area contributed by atoms with Crippen molar-refractivity contribution < 1.29 is 14.6 Å². The highest BCUT2D eigenvalue weighted by atomic mass is 16.5. The molecule has 0 bridgehead atoms. The summed E-state index contributed by atoms with van der Waals surface area (Å²) < 4.78 is 4.52. The van der Waals surface area contributed by atoms with Crippen molar-refractivity contribution in [3.63, 3.8) is 0 Å². The molecule has 1 N–H and O–H groups in total. The minimum absolute atomic E-state index is 0.317. The van der Waals surface area contributed by atoms with E-state index >= 15 is 0 Å². The minimum atomic E-state index is -0.986. The Morgan fingerprint density at radius 1 is 1.64 bits per heavy atom. The average molecular weight is 198 g/mol. The molecule has 0 radical (unpaired) electrons. The van der Waals surface area contributed by atoms with Crippen LogP contribution in [0.3, 0.4) is 0 Å². The number of rotatable bonds is 5. The Labute approximate surface area is 84.8 Å². The van der Waals surface area contributed by atoms with Crippen molar-refractivity contribution in [1.82, 2.24) is 0 Å². The van der Waals surface area contributed by atoms with E-state index in [1.54, 1.807) is 0 Å². The van der Waals surface area contributed by atoms with E-state index in [1.165, 1.54) is 7.11 Å². The van der Waals surface area contributed by atoms with Gasteiger partial charge in [0, 0.05) is 5.41 Å². The number of methoxy groups -OCH3 is 1. The van der Waals surface area contributed by atoms with Crippen LogP contribution in [0.5, 0.6) is 0 Å². The van der Waals surface area contributed by atoms with E-state index < -0.39 is 12.1 Å². The predicted molar refractivity (Wildman–Crippen MR) is 53.7 cm³/mol. The third-order valence-electron chi connectivity index (χ3n) is 2.70. The van der Waals surface area contributed by atoms with Gasteiger partial charge in [0.05, 0.1) is 7.11 Å². The number of carbonyl (C=O) groups is 1. The molecule has 0 aromatic rings. The summed E-state index contributed by atoms with van der Waals surface area (Å²) in [6, 6.07) is 0. The summed E-state index contributed by atoms with van der Waals surface area (Å²) in [6.07, 6.45) is 6.86. The lowest BCUT2D eigenvalue weighted by Crippen LogP contribution is -2.30. The number of carbonyl (C=O) groups excluding carboxylic acids is 1. The first-order valence-electron chi connectivity index (χ1n) is 5.10. The molecule has 1 unspecified atom stereocenters. The lowest BCUT2D eigenvalue weighted by Gasteiger charge is -2.15. The molecule has 0 saturated heterocycles. The van der Waals surface area contributed by atoms with Gasteiger partial charge in [-0.3, -0.25) is 0 Å². The molecule has 1 rings (SSSR count). The van der Waals surface area contributed by atoms with Crippen molar-refractivity contribution in [2.75, 3.05) is 7.11 Å². The largest absolute Gasteiger partial charge is 0.467 e. The highest BCUT2D eigenvalue weighted by Crippen LogP contribution is 2.50. The van der Waals surface area contributed by atoms with E-state index in [1.807, 2.05) is 12.2 Å². The van der Waals surface area contributed by atoms with E-state index in [9.17, 15) is 9.90 Å². The van der Waals surface area contributed by atoms with Gasteiger partial charge in [-0.05, 0) is 19.3 Å². The Morgan fingerprint density at radius 3 is 2.71 bits per heavy atom. The van der Waals surface area contributed by atoms with Gasteiger partial charge in [0.25, 0.3) is 0 Å². The van der Waals surface area contributed by atoms with E-state index in [2.05, 4.69) is 11.7 Å². The fraction of sp³-hybridized carbons (Fsp3) is 0.727. The second-order valence-electron chi connectivity index (χ2n) is 3.85. The van der Waals surface area contributed by atoms with Crippen molar-refractivity contribution in [3.8, 4) is 0 Å². The first kappa shape index (κ1) is 11.2. The number of aliphatic hydroxyl groups excluding tert-OH is 1. The highest BCUT2D eigenvalue weighted by Gasteiger charge is 2.50. The summed E-state index contributed by atoms with van der Waals surface area (Å²) in [4.78, 5) is 11.1. The summed E-state index contributed by atoms with van der Waals surface area (Å²) in [5.41, 5.74) is -0.317. The number of hydrogen-bond donors (Lipinski definition) is 1. The monoisotopic (exact) mass is 198 g/mol. The molecular formula is C11H18O3. The smallest absolute Gasteiger partial charge is 0.335 e. The fourth-order valence-electron chi connectivity index (χ4n) is 1.51. The molecule has 0 aromatic heterocycles. The molecule has 1 aliphatic carbocycles. The van der Waals surface area contributed by atoms with Crippen LogP contribution in [0.15, 0.2) is 12.2 Å². The molecule has 0 amide bonds. The van der Waals surface area contributed by atoms with Gasteiger partial charge in [0.1, 0.15) is 0 Å². The lowest BCUT2D eigenvalue weighted by atomic mass is 9.98. The van der Waals surface area contributed by atoms with Gasteiger partial charge in [0.2, 0.25) is 0 Å². The summed E-state index contributed by atoms with van der Waals surface area (Å²) in [6.45, 7) is 2.10. The number of ether oxygens (including phenoxy) is 1. The van der Waals surface area contributed by atoms with Gasteiger partial charge in [-0.2, -0.15) is 0 Å². The molecular weight excluding hydrogens is 180 g/mol. The van der Waals surface area contributed by atoms with Crippen LogP contribution in [-0.2, 0) is 9.53 Å². The fourth-order valence-corrected chi connectivity index (χ4v) is 1.51. The second kappa shape index (κ2) is 4.60. The molecule has 3 nitrogen and oxygen atoms in total. The number of allylic oxidation sites excluding steroid dienone is 1. The number of hydrogen-bond acceptors (Lipinski definition) is 3. The standard InChI is InChI=1S/C11H18O3/c1-3-4-5-6-11(7-8-11)9(12)10(13)14-2/h5-6,9,12H,3-4,7-8H2,1-2H3/b6-5-. The van der Waals surface area contributed by atoms with Crippen molar-refractivity contribution in [1.29, 1.82) is 0 Å². The van der Waals surface area contributed by atoms with Crippen LogP contribution in [0.25, 0.3) is 0 Å². The number of aliphatic hydroxyl groups is 1. The van der Waals surface area contributed by atoms with Crippen LogP contribution in [0.2, 0.25) is 0 Å². The summed E-state index contributed by atoms with van der Waals surface area (Å²) in [7, 11) is 1.30. The van der Waals surface area contributed by atoms with Crippen molar-refractivity contribution >= 4 is 5.97 Å². The maximum absolute atomic E-state index is 11.1. The summed E-state index contributed by atoms with van der Waals surface area (Å²) in [5, 5.41) is 9.68. The normalized spacial score (nSPS) is 20.8. The number of esters is 1. The molecule has 1 atom stereocenters. The number of unbranched alkanes of at least 4 members (excludes halogenated alkanes) is 1. The molecule has 80 valence electrons. The maximum Gasteiger partial charge on any atom is 0.335 e. The first-order valence-corrected chi connectivity index (χ1v) is 5.10. The van der Waals surface area contributed by atoms with Gasteiger partial charge in [0.15, 0.2) is 6.10 Å². The Kier molecular flexibility index (Phi) is 3.69. The third-order valence-corrected chi connectivity index (χ3v) is 2.70. The average Bonchev–Trinajstić information content (AvgIpc) is 2.97. The quantitative estimate of drug-likeness (QED) is 0.540.